The average Bonchev–Trinajstić information content (AvgIpc) is 2.86. The SMILES string of the molecule is Cc1cc(OCC(CBr)(COc2ccc(F)c(C(F)(F)F)c2)COc2ccc(F)c(C(F)(F)F)c2)ccc1F. The second-order valence-electron chi connectivity index (χ2n) is 8.69. The third-order valence-corrected chi connectivity index (χ3v) is 6.72. The highest BCUT2D eigenvalue weighted by atomic mass is 79.9. The molecule has 212 valence electrons. The van der Waals surface area contributed by atoms with Crippen molar-refractivity contribution in [3.05, 3.63) is 88.7 Å². The highest BCUT2D eigenvalue weighted by molar-refractivity contribution is 9.09. The zero-order chi connectivity index (χ0) is 29.0. The van der Waals surface area contributed by atoms with Crippen molar-refractivity contribution in [3.8, 4) is 17.2 Å². The Bertz CT molecular complexity index is 1230. The Kier molecular flexibility index (Phi) is 9.35. The largest absolute Gasteiger partial charge is 0.493 e. The van der Waals surface area contributed by atoms with Crippen LogP contribution in [0.4, 0.5) is 39.5 Å². The minimum Gasteiger partial charge on any atom is -0.493 e. The summed E-state index contributed by atoms with van der Waals surface area (Å²) in [6, 6.07) is 7.93. The highest BCUT2D eigenvalue weighted by Crippen LogP contribution is 2.36. The quantitative estimate of drug-likeness (QED) is 0.166. The molecule has 13 heteroatoms. The van der Waals surface area contributed by atoms with Crippen LogP contribution in [-0.4, -0.2) is 25.2 Å². The lowest BCUT2D eigenvalue weighted by Gasteiger charge is -2.32. The van der Waals surface area contributed by atoms with Gasteiger partial charge in [0.25, 0.3) is 0 Å². The molecule has 0 unspecified atom stereocenters. The fourth-order valence-corrected chi connectivity index (χ4v) is 3.77. The smallest absolute Gasteiger partial charge is 0.419 e. The summed E-state index contributed by atoms with van der Waals surface area (Å²) in [6.45, 7) is 0.416. The number of hydrogen-bond acceptors (Lipinski definition) is 3. The van der Waals surface area contributed by atoms with Crippen molar-refractivity contribution in [2.45, 2.75) is 19.3 Å². The van der Waals surface area contributed by atoms with Gasteiger partial charge in [0.1, 0.15) is 54.5 Å². The molecule has 0 radical (unpaired) electrons. The molecule has 0 saturated carbocycles. The third-order valence-electron chi connectivity index (χ3n) is 5.53. The second-order valence-corrected chi connectivity index (χ2v) is 9.25. The summed E-state index contributed by atoms with van der Waals surface area (Å²) in [5.41, 5.74) is -4.10. The van der Waals surface area contributed by atoms with Crippen LogP contribution < -0.4 is 14.2 Å². The number of hydrogen-bond donors (Lipinski definition) is 0. The van der Waals surface area contributed by atoms with Gasteiger partial charge >= 0.3 is 12.4 Å². The Hall–Kier alpha value is -3.09. The summed E-state index contributed by atoms with van der Waals surface area (Å²) in [5, 5.41) is 0.000816. The molecule has 0 spiro atoms. The van der Waals surface area contributed by atoms with Crippen molar-refractivity contribution in [1.29, 1.82) is 0 Å². The van der Waals surface area contributed by atoms with E-state index in [1.807, 2.05) is 0 Å². The summed E-state index contributed by atoms with van der Waals surface area (Å²) in [6.07, 6.45) is -9.97. The summed E-state index contributed by atoms with van der Waals surface area (Å²) in [5.74, 6) is -3.95. The van der Waals surface area contributed by atoms with Crippen molar-refractivity contribution >= 4 is 15.9 Å². The van der Waals surface area contributed by atoms with Gasteiger partial charge in [-0.3, -0.25) is 0 Å². The Labute approximate surface area is 225 Å². The third kappa shape index (κ3) is 7.96. The van der Waals surface area contributed by atoms with Crippen LogP contribution in [0.25, 0.3) is 0 Å². The van der Waals surface area contributed by atoms with Gasteiger partial charge in [-0.15, -0.1) is 0 Å². The topological polar surface area (TPSA) is 27.7 Å². The maximum Gasteiger partial charge on any atom is 0.419 e. The lowest BCUT2D eigenvalue weighted by molar-refractivity contribution is -0.140. The van der Waals surface area contributed by atoms with Crippen LogP contribution in [0.1, 0.15) is 16.7 Å². The second kappa shape index (κ2) is 12.0. The minimum absolute atomic E-state index is 0.000816. The summed E-state index contributed by atoms with van der Waals surface area (Å²) >= 11 is 3.26. The van der Waals surface area contributed by atoms with Crippen molar-refractivity contribution in [1.82, 2.24) is 0 Å². The van der Waals surface area contributed by atoms with Crippen LogP contribution in [0.3, 0.4) is 0 Å². The van der Waals surface area contributed by atoms with Gasteiger partial charge < -0.3 is 14.2 Å². The maximum atomic E-state index is 13.7. The molecule has 0 aromatic heterocycles. The molecule has 0 saturated heterocycles. The molecule has 3 aromatic carbocycles. The molecule has 0 fully saturated rings. The van der Waals surface area contributed by atoms with Crippen molar-refractivity contribution in [3.63, 3.8) is 0 Å². The predicted octanol–water partition coefficient (Wildman–Crippen LogP) is 8.37. The van der Waals surface area contributed by atoms with Gasteiger partial charge in [-0.2, -0.15) is 26.3 Å². The number of benzene rings is 3. The van der Waals surface area contributed by atoms with Crippen molar-refractivity contribution < 1.29 is 53.7 Å². The van der Waals surface area contributed by atoms with E-state index in [2.05, 4.69) is 15.9 Å². The number of aryl methyl sites for hydroxylation is 1. The van der Waals surface area contributed by atoms with Gasteiger partial charge in [-0.05, 0) is 67.1 Å². The van der Waals surface area contributed by atoms with E-state index in [-0.39, 0.29) is 34.7 Å². The van der Waals surface area contributed by atoms with E-state index in [0.717, 1.165) is 18.2 Å². The fourth-order valence-electron chi connectivity index (χ4n) is 3.28. The van der Waals surface area contributed by atoms with Crippen molar-refractivity contribution in [2.75, 3.05) is 25.2 Å². The van der Waals surface area contributed by atoms with Gasteiger partial charge in [-0.25, -0.2) is 13.2 Å². The molecule has 0 atom stereocenters. The first-order chi connectivity index (χ1) is 18.1. The van der Waals surface area contributed by atoms with Crippen LogP contribution in [0, 0.1) is 29.8 Å². The summed E-state index contributed by atoms with van der Waals surface area (Å²) in [4.78, 5) is 0. The molecule has 0 aliphatic rings. The predicted molar refractivity (Wildman–Crippen MR) is 127 cm³/mol. The molecular weight excluding hydrogens is 611 g/mol. The summed E-state index contributed by atoms with van der Waals surface area (Å²) in [7, 11) is 0. The van der Waals surface area contributed by atoms with Gasteiger partial charge in [0.2, 0.25) is 0 Å². The zero-order valence-corrected chi connectivity index (χ0v) is 21.6. The average molecular weight is 631 g/mol. The Morgan fingerprint density at radius 3 is 1.28 bits per heavy atom. The Morgan fingerprint density at radius 1 is 0.590 bits per heavy atom. The van der Waals surface area contributed by atoms with E-state index in [9.17, 15) is 39.5 Å². The lowest BCUT2D eigenvalue weighted by Crippen LogP contribution is -2.42. The Morgan fingerprint density at radius 2 is 0.949 bits per heavy atom. The molecule has 0 amide bonds. The fraction of sp³-hybridized carbons (Fsp3) is 0.308. The first kappa shape index (κ1) is 30.5. The summed E-state index contributed by atoms with van der Waals surface area (Å²) < 4.78 is 136. The van der Waals surface area contributed by atoms with E-state index in [0.29, 0.717) is 24.3 Å². The molecule has 39 heavy (non-hydrogen) atoms. The standard InChI is InChI=1S/C26H20BrF9O3/c1-15-8-16(2-5-21(15)28)37-12-24(11-27,13-38-17-3-6-22(29)19(9-17)25(31,32)33)14-39-18-4-7-23(30)20(10-18)26(34,35)36/h2-10H,11-14H2,1H3. The van der Waals surface area contributed by atoms with Crippen LogP contribution in [0.5, 0.6) is 17.2 Å². The maximum absolute atomic E-state index is 13.7. The van der Waals surface area contributed by atoms with E-state index >= 15 is 0 Å². The van der Waals surface area contributed by atoms with Gasteiger partial charge in [0.05, 0.1) is 16.5 Å². The molecular formula is C26H20BrF9O3. The van der Waals surface area contributed by atoms with Crippen molar-refractivity contribution in [2.24, 2.45) is 5.41 Å². The number of alkyl halides is 7. The van der Waals surface area contributed by atoms with Crippen LogP contribution in [0.15, 0.2) is 54.6 Å². The monoisotopic (exact) mass is 630 g/mol. The highest BCUT2D eigenvalue weighted by Gasteiger charge is 2.37. The number of ether oxygens (including phenoxy) is 3. The zero-order valence-electron chi connectivity index (χ0n) is 20.0. The van der Waals surface area contributed by atoms with E-state index in [4.69, 9.17) is 14.2 Å². The minimum atomic E-state index is -4.98. The molecule has 3 nitrogen and oxygen atoms in total. The van der Waals surface area contributed by atoms with Gasteiger partial charge in [0.15, 0.2) is 0 Å². The molecule has 0 aliphatic carbocycles. The molecule has 0 aliphatic heterocycles. The number of rotatable bonds is 10. The first-order valence-corrected chi connectivity index (χ1v) is 12.2. The molecule has 3 aromatic rings. The lowest BCUT2D eigenvalue weighted by atomic mass is 9.94. The van der Waals surface area contributed by atoms with Gasteiger partial charge in [0, 0.05) is 5.33 Å². The van der Waals surface area contributed by atoms with E-state index in [1.165, 1.54) is 19.1 Å². The van der Waals surface area contributed by atoms with Crippen LogP contribution >= 0.6 is 15.9 Å². The molecule has 0 N–H and O–H groups in total. The van der Waals surface area contributed by atoms with Crippen LogP contribution in [0.2, 0.25) is 0 Å². The van der Waals surface area contributed by atoms with E-state index in [1.54, 1.807) is 0 Å². The normalized spacial score (nSPS) is 12.4. The molecule has 3 rings (SSSR count). The van der Waals surface area contributed by atoms with Gasteiger partial charge in [-0.1, -0.05) is 15.9 Å². The van der Waals surface area contributed by atoms with Crippen LogP contribution in [-0.2, 0) is 12.4 Å². The Balaban J connectivity index is 1.87. The first-order valence-electron chi connectivity index (χ1n) is 11.1. The molecule has 0 bridgehead atoms. The number of halogens is 10. The molecule has 0 heterocycles. The van der Waals surface area contributed by atoms with E-state index < -0.39 is 59.6 Å².